The molecule has 6 nitrogen and oxygen atoms in total. The summed E-state index contributed by atoms with van der Waals surface area (Å²) in [7, 11) is 0. The maximum Gasteiger partial charge on any atom is 0.264 e. The Kier molecular flexibility index (Phi) is 3.09. The Balaban J connectivity index is 2.21. The van der Waals surface area contributed by atoms with Crippen LogP contribution in [0.4, 0.5) is 11.5 Å². The van der Waals surface area contributed by atoms with Gasteiger partial charge in [-0.15, -0.1) is 0 Å². The van der Waals surface area contributed by atoms with Crippen molar-refractivity contribution in [3.05, 3.63) is 51.8 Å². The van der Waals surface area contributed by atoms with Crippen LogP contribution in [0.25, 0.3) is 0 Å². The summed E-state index contributed by atoms with van der Waals surface area (Å²) in [5.74, 6) is -0.0513. The summed E-state index contributed by atoms with van der Waals surface area (Å²) in [6, 6.07) is 7.78. The van der Waals surface area contributed by atoms with Crippen molar-refractivity contribution in [1.29, 1.82) is 0 Å². The van der Waals surface area contributed by atoms with Crippen LogP contribution in [0.3, 0.4) is 0 Å². The number of nitrogen functional groups attached to an aromatic ring is 1. The molecule has 0 bridgehead atoms. The molecule has 0 aliphatic rings. The van der Waals surface area contributed by atoms with Crippen molar-refractivity contribution in [2.75, 3.05) is 11.1 Å². The van der Waals surface area contributed by atoms with Gasteiger partial charge < -0.3 is 11.1 Å². The van der Waals surface area contributed by atoms with E-state index in [1.807, 2.05) is 6.92 Å². The Bertz CT molecular complexity index is 608. The van der Waals surface area contributed by atoms with Gasteiger partial charge in [0, 0.05) is 17.3 Å². The zero-order chi connectivity index (χ0) is 13.1. The zero-order valence-corrected chi connectivity index (χ0v) is 9.73. The predicted molar refractivity (Wildman–Crippen MR) is 68.4 cm³/mol. The highest BCUT2D eigenvalue weighted by Crippen LogP contribution is 2.12. The van der Waals surface area contributed by atoms with E-state index in [2.05, 4.69) is 15.5 Å². The number of nitrogens with zero attached hydrogens (tertiary/aromatic N) is 1. The van der Waals surface area contributed by atoms with E-state index < -0.39 is 0 Å². The van der Waals surface area contributed by atoms with Gasteiger partial charge in [-0.2, -0.15) is 5.10 Å². The van der Waals surface area contributed by atoms with Crippen molar-refractivity contribution in [2.24, 2.45) is 0 Å². The van der Waals surface area contributed by atoms with E-state index in [1.54, 1.807) is 18.2 Å². The summed E-state index contributed by atoms with van der Waals surface area (Å²) in [4.78, 5) is 22.7. The van der Waals surface area contributed by atoms with E-state index in [-0.39, 0.29) is 17.3 Å². The highest BCUT2D eigenvalue weighted by molar-refractivity contribution is 6.04. The number of rotatable bonds is 2. The molecule has 6 heteroatoms. The Morgan fingerprint density at radius 2 is 2.11 bits per heavy atom. The third-order valence-electron chi connectivity index (χ3n) is 2.28. The number of H-pyrrole nitrogens is 1. The van der Waals surface area contributed by atoms with Crippen LogP contribution in [-0.2, 0) is 0 Å². The van der Waals surface area contributed by atoms with Crippen molar-refractivity contribution in [2.45, 2.75) is 6.92 Å². The largest absolute Gasteiger partial charge is 0.399 e. The molecule has 0 spiro atoms. The minimum atomic E-state index is -0.329. The van der Waals surface area contributed by atoms with E-state index in [1.165, 1.54) is 12.1 Å². The lowest BCUT2D eigenvalue weighted by molar-refractivity contribution is 0.102. The van der Waals surface area contributed by atoms with Crippen molar-refractivity contribution in [3.8, 4) is 0 Å². The van der Waals surface area contributed by atoms with Gasteiger partial charge in [-0.25, -0.2) is 5.10 Å². The number of aromatic amines is 1. The smallest absolute Gasteiger partial charge is 0.264 e. The molecule has 0 fully saturated rings. The van der Waals surface area contributed by atoms with Gasteiger partial charge in [0.15, 0.2) is 5.82 Å². The summed E-state index contributed by atoms with van der Waals surface area (Å²) in [6.07, 6.45) is 0. The van der Waals surface area contributed by atoms with Gasteiger partial charge in [-0.05, 0) is 36.8 Å². The number of anilines is 2. The van der Waals surface area contributed by atoms with Crippen LogP contribution in [-0.4, -0.2) is 16.1 Å². The fourth-order valence-corrected chi connectivity index (χ4v) is 1.55. The van der Waals surface area contributed by atoms with Crippen LogP contribution in [0, 0.1) is 6.92 Å². The van der Waals surface area contributed by atoms with Crippen LogP contribution in [0.2, 0.25) is 0 Å². The van der Waals surface area contributed by atoms with Crippen LogP contribution in [0.15, 0.2) is 35.1 Å². The third-order valence-corrected chi connectivity index (χ3v) is 2.28. The number of hydrogen-bond acceptors (Lipinski definition) is 4. The average molecular weight is 244 g/mol. The van der Waals surface area contributed by atoms with E-state index >= 15 is 0 Å². The van der Waals surface area contributed by atoms with E-state index in [4.69, 9.17) is 5.73 Å². The van der Waals surface area contributed by atoms with Crippen LogP contribution in [0.5, 0.6) is 0 Å². The molecule has 0 atom stereocenters. The number of nitrogens with two attached hydrogens (primary N) is 1. The molecule has 2 aromatic rings. The van der Waals surface area contributed by atoms with Gasteiger partial charge in [-0.1, -0.05) is 0 Å². The van der Waals surface area contributed by atoms with Crippen LogP contribution < -0.4 is 16.6 Å². The Labute approximate surface area is 103 Å². The number of amides is 1. The predicted octanol–water partition coefficient (Wildman–Crippen LogP) is 0.913. The third kappa shape index (κ3) is 2.73. The summed E-state index contributed by atoms with van der Waals surface area (Å²) in [6.45, 7) is 1.85. The number of aryl methyl sites for hydroxylation is 1. The number of aromatic nitrogens is 2. The number of nitrogens with one attached hydrogen (secondary N) is 2. The first kappa shape index (κ1) is 11.8. The SMILES string of the molecule is Cc1cc(N)cc(C(=O)Nc2ccc(=O)[nH]n2)c1. The molecule has 0 aliphatic heterocycles. The second kappa shape index (κ2) is 4.70. The minimum Gasteiger partial charge on any atom is -0.399 e. The number of benzene rings is 1. The second-order valence-corrected chi connectivity index (χ2v) is 3.89. The highest BCUT2D eigenvalue weighted by Gasteiger charge is 2.08. The maximum atomic E-state index is 11.9. The van der Waals surface area contributed by atoms with Gasteiger partial charge >= 0.3 is 0 Å². The average Bonchev–Trinajstić information content (AvgIpc) is 2.31. The van der Waals surface area contributed by atoms with Gasteiger partial charge in [-0.3, -0.25) is 9.59 Å². The number of hydrogen-bond donors (Lipinski definition) is 3. The van der Waals surface area contributed by atoms with Crippen molar-refractivity contribution in [1.82, 2.24) is 10.2 Å². The topological polar surface area (TPSA) is 101 Å². The fourth-order valence-electron chi connectivity index (χ4n) is 1.55. The summed E-state index contributed by atoms with van der Waals surface area (Å²) in [5, 5.41) is 8.49. The molecule has 1 amide bonds. The summed E-state index contributed by atoms with van der Waals surface area (Å²) in [5.41, 5.74) is 7.21. The molecule has 1 aromatic heterocycles. The zero-order valence-electron chi connectivity index (χ0n) is 9.73. The molecule has 0 aliphatic carbocycles. The van der Waals surface area contributed by atoms with Gasteiger partial charge in [0.2, 0.25) is 0 Å². The second-order valence-electron chi connectivity index (χ2n) is 3.89. The molecule has 0 unspecified atom stereocenters. The van der Waals surface area contributed by atoms with Crippen molar-refractivity contribution < 1.29 is 4.79 Å². The number of carbonyl (C=O) groups is 1. The fraction of sp³-hybridized carbons (Fsp3) is 0.0833. The summed E-state index contributed by atoms with van der Waals surface area (Å²) >= 11 is 0. The van der Waals surface area contributed by atoms with Gasteiger partial charge in [0.25, 0.3) is 11.5 Å². The van der Waals surface area contributed by atoms with Crippen molar-refractivity contribution >= 4 is 17.4 Å². The lowest BCUT2D eigenvalue weighted by Crippen LogP contribution is -2.16. The normalized spacial score (nSPS) is 10.1. The molecule has 0 saturated heterocycles. The Morgan fingerprint density at radius 3 is 2.72 bits per heavy atom. The van der Waals surface area contributed by atoms with Crippen molar-refractivity contribution in [3.63, 3.8) is 0 Å². The molecule has 18 heavy (non-hydrogen) atoms. The first-order valence-corrected chi connectivity index (χ1v) is 5.29. The molecule has 1 heterocycles. The first-order chi connectivity index (χ1) is 8.54. The van der Waals surface area contributed by atoms with E-state index in [0.29, 0.717) is 11.3 Å². The lowest BCUT2D eigenvalue weighted by atomic mass is 10.1. The minimum absolute atomic E-state index is 0.277. The molecule has 2 rings (SSSR count). The standard InChI is InChI=1S/C12H12N4O2/c1-7-4-8(6-9(13)5-7)12(18)14-10-2-3-11(17)16-15-10/h2-6H,13H2,1H3,(H,16,17)(H,14,15,18). The molecular weight excluding hydrogens is 232 g/mol. The molecule has 0 radical (unpaired) electrons. The Morgan fingerprint density at radius 1 is 1.33 bits per heavy atom. The lowest BCUT2D eigenvalue weighted by Gasteiger charge is -2.05. The quantitative estimate of drug-likeness (QED) is 0.683. The monoisotopic (exact) mass is 244 g/mol. The van der Waals surface area contributed by atoms with Crippen LogP contribution >= 0.6 is 0 Å². The van der Waals surface area contributed by atoms with Gasteiger partial charge in [0.05, 0.1) is 0 Å². The highest BCUT2D eigenvalue weighted by atomic mass is 16.2. The molecule has 1 aromatic carbocycles. The van der Waals surface area contributed by atoms with E-state index in [9.17, 15) is 9.59 Å². The first-order valence-electron chi connectivity index (χ1n) is 5.29. The van der Waals surface area contributed by atoms with Gasteiger partial charge in [0.1, 0.15) is 0 Å². The maximum absolute atomic E-state index is 11.9. The molecule has 4 N–H and O–H groups in total. The van der Waals surface area contributed by atoms with Crippen LogP contribution in [0.1, 0.15) is 15.9 Å². The molecule has 0 saturated carbocycles. The summed E-state index contributed by atoms with van der Waals surface area (Å²) < 4.78 is 0. The van der Waals surface area contributed by atoms with E-state index in [0.717, 1.165) is 5.56 Å². The Hall–Kier alpha value is -2.63. The molecule has 92 valence electrons. The number of carbonyl (C=O) groups excluding carboxylic acids is 1. The molecular formula is C12H12N4O2.